The molecule has 0 radical (unpaired) electrons. The van der Waals surface area contributed by atoms with E-state index in [1.165, 1.54) is 0 Å². The van der Waals surface area contributed by atoms with Crippen molar-refractivity contribution in [3.63, 3.8) is 0 Å². The Kier molecular flexibility index (Phi) is 4.05. The number of piperidine rings is 1. The van der Waals surface area contributed by atoms with Crippen molar-refractivity contribution in [3.8, 4) is 0 Å². The van der Waals surface area contributed by atoms with Crippen LogP contribution >= 0.6 is 11.3 Å². The maximum absolute atomic E-state index is 12.6. The summed E-state index contributed by atoms with van der Waals surface area (Å²) in [6.07, 6.45) is 6.94. The van der Waals surface area contributed by atoms with Crippen LogP contribution in [0.4, 0.5) is 0 Å². The van der Waals surface area contributed by atoms with Crippen LogP contribution in [0, 0.1) is 13.8 Å². The van der Waals surface area contributed by atoms with E-state index < -0.39 is 0 Å². The Morgan fingerprint density at radius 3 is 2.95 bits per heavy atom. The van der Waals surface area contributed by atoms with Gasteiger partial charge >= 0.3 is 0 Å². The van der Waals surface area contributed by atoms with Crippen molar-refractivity contribution in [2.75, 3.05) is 6.54 Å². The van der Waals surface area contributed by atoms with Crippen LogP contribution in [0.15, 0.2) is 17.8 Å². The van der Waals surface area contributed by atoms with Gasteiger partial charge in [-0.05, 0) is 38.7 Å². The molecular formula is C15H20N4OS. The number of carbonyl (C=O) groups excluding carboxylic acids is 1. The van der Waals surface area contributed by atoms with Gasteiger partial charge in [-0.3, -0.25) is 9.48 Å². The summed E-state index contributed by atoms with van der Waals surface area (Å²) in [5.41, 5.74) is 2.12. The normalized spacial score (nSPS) is 19.0. The van der Waals surface area contributed by atoms with E-state index in [-0.39, 0.29) is 11.9 Å². The first-order valence-corrected chi connectivity index (χ1v) is 8.22. The fraction of sp³-hybridized carbons (Fsp3) is 0.533. The van der Waals surface area contributed by atoms with Crippen LogP contribution in [0.1, 0.15) is 41.6 Å². The highest BCUT2D eigenvalue weighted by Gasteiger charge is 2.29. The summed E-state index contributed by atoms with van der Waals surface area (Å²) in [6, 6.07) is 0.140. The molecule has 0 N–H and O–H groups in total. The second kappa shape index (κ2) is 5.97. The molecule has 5 nitrogen and oxygen atoms in total. The van der Waals surface area contributed by atoms with Gasteiger partial charge in [0.15, 0.2) is 0 Å². The van der Waals surface area contributed by atoms with Gasteiger partial charge in [0.2, 0.25) is 5.91 Å². The Labute approximate surface area is 128 Å². The zero-order valence-electron chi connectivity index (χ0n) is 12.5. The smallest absolute Gasteiger partial charge is 0.244 e. The Morgan fingerprint density at radius 1 is 1.43 bits per heavy atom. The number of rotatable bonds is 3. The number of hydrogen-bond donors (Lipinski definition) is 0. The minimum atomic E-state index is 0.135. The van der Waals surface area contributed by atoms with Gasteiger partial charge in [-0.2, -0.15) is 5.10 Å². The molecule has 0 saturated carbocycles. The molecule has 3 rings (SSSR count). The van der Waals surface area contributed by atoms with Gasteiger partial charge in [0, 0.05) is 23.8 Å². The predicted molar refractivity (Wildman–Crippen MR) is 82.1 cm³/mol. The lowest BCUT2D eigenvalue weighted by Crippen LogP contribution is -2.40. The summed E-state index contributed by atoms with van der Waals surface area (Å²) in [4.78, 5) is 19.2. The summed E-state index contributed by atoms with van der Waals surface area (Å²) in [5.74, 6) is 0.135. The number of carbonyl (C=O) groups is 1. The fourth-order valence-corrected chi connectivity index (χ4v) is 3.74. The van der Waals surface area contributed by atoms with Gasteiger partial charge in [-0.25, -0.2) is 4.98 Å². The summed E-state index contributed by atoms with van der Waals surface area (Å²) in [6.45, 7) is 5.12. The summed E-state index contributed by atoms with van der Waals surface area (Å²) in [7, 11) is 0. The molecule has 21 heavy (non-hydrogen) atoms. The van der Waals surface area contributed by atoms with Crippen LogP contribution in [-0.4, -0.2) is 32.1 Å². The van der Waals surface area contributed by atoms with E-state index in [2.05, 4.69) is 15.5 Å². The second-order valence-corrected chi connectivity index (χ2v) is 6.53. The molecule has 1 aliphatic rings. The van der Waals surface area contributed by atoms with E-state index >= 15 is 0 Å². The average molecular weight is 304 g/mol. The van der Waals surface area contributed by atoms with Gasteiger partial charge < -0.3 is 4.90 Å². The average Bonchev–Trinajstić information content (AvgIpc) is 3.07. The highest BCUT2D eigenvalue weighted by Crippen LogP contribution is 2.32. The highest BCUT2D eigenvalue weighted by molar-refractivity contribution is 7.09. The molecule has 1 aliphatic heterocycles. The van der Waals surface area contributed by atoms with Crippen molar-refractivity contribution in [1.29, 1.82) is 0 Å². The third-order valence-corrected chi connectivity index (χ3v) is 4.87. The lowest BCUT2D eigenvalue weighted by atomic mass is 10.0. The van der Waals surface area contributed by atoms with Crippen LogP contribution in [-0.2, 0) is 11.3 Å². The lowest BCUT2D eigenvalue weighted by Gasteiger charge is -2.34. The molecule has 0 spiro atoms. The maximum atomic E-state index is 12.6. The number of hydrogen-bond acceptors (Lipinski definition) is 4. The topological polar surface area (TPSA) is 51.0 Å². The molecule has 1 saturated heterocycles. The molecule has 2 aromatic rings. The lowest BCUT2D eigenvalue weighted by molar-refractivity contribution is -0.135. The van der Waals surface area contributed by atoms with E-state index in [1.807, 2.05) is 24.9 Å². The van der Waals surface area contributed by atoms with E-state index in [1.54, 1.807) is 22.2 Å². The maximum Gasteiger partial charge on any atom is 0.244 e. The van der Waals surface area contributed by atoms with E-state index in [0.29, 0.717) is 6.54 Å². The number of aromatic nitrogens is 3. The Morgan fingerprint density at radius 2 is 2.29 bits per heavy atom. The fourth-order valence-electron chi connectivity index (χ4n) is 2.79. The van der Waals surface area contributed by atoms with Gasteiger partial charge in [0.25, 0.3) is 0 Å². The van der Waals surface area contributed by atoms with E-state index in [4.69, 9.17) is 0 Å². The van der Waals surface area contributed by atoms with Crippen LogP contribution < -0.4 is 0 Å². The largest absolute Gasteiger partial charge is 0.332 e. The molecule has 1 amide bonds. The Balaban J connectivity index is 1.75. The number of amides is 1. The molecular weight excluding hydrogens is 284 g/mol. The summed E-state index contributed by atoms with van der Waals surface area (Å²) >= 11 is 1.66. The van der Waals surface area contributed by atoms with Crippen molar-refractivity contribution in [2.24, 2.45) is 0 Å². The first-order chi connectivity index (χ1) is 10.1. The molecule has 0 bridgehead atoms. The first kappa shape index (κ1) is 14.3. The van der Waals surface area contributed by atoms with Crippen molar-refractivity contribution in [2.45, 2.75) is 45.7 Å². The third kappa shape index (κ3) is 3.15. The third-order valence-electron chi connectivity index (χ3n) is 3.80. The van der Waals surface area contributed by atoms with Crippen molar-refractivity contribution in [1.82, 2.24) is 19.7 Å². The van der Waals surface area contributed by atoms with Crippen molar-refractivity contribution in [3.05, 3.63) is 34.0 Å². The van der Waals surface area contributed by atoms with Crippen LogP contribution in [0.5, 0.6) is 0 Å². The number of aryl methyl sites for hydroxylation is 2. The number of nitrogens with zero attached hydrogens (tertiary/aromatic N) is 4. The quantitative estimate of drug-likeness (QED) is 0.876. The highest BCUT2D eigenvalue weighted by atomic mass is 32.1. The molecule has 1 fully saturated rings. The second-order valence-electron chi connectivity index (χ2n) is 5.64. The zero-order valence-corrected chi connectivity index (χ0v) is 13.3. The van der Waals surface area contributed by atoms with Crippen molar-refractivity contribution >= 4 is 17.2 Å². The monoisotopic (exact) mass is 304 g/mol. The molecule has 2 aromatic heterocycles. The number of thiazole rings is 1. The molecule has 6 heteroatoms. The number of likely N-dealkylation sites (tertiary alicyclic amines) is 1. The Bertz CT molecular complexity index is 633. The molecule has 0 unspecified atom stereocenters. The first-order valence-electron chi connectivity index (χ1n) is 7.34. The van der Waals surface area contributed by atoms with Crippen LogP contribution in [0.3, 0.4) is 0 Å². The molecule has 112 valence electrons. The SMILES string of the molecule is Cc1cnn(CC(=O)N2CCCC[C@@H]2c2nc(C)cs2)c1. The molecule has 1 atom stereocenters. The standard InChI is InChI=1S/C15H20N4OS/c1-11-7-16-18(8-11)9-14(20)19-6-4-3-5-13(19)15-17-12(2)10-21-15/h7-8,10,13H,3-6,9H2,1-2H3/t13-/m1/s1. The van der Waals surface area contributed by atoms with Crippen LogP contribution in [0.25, 0.3) is 0 Å². The van der Waals surface area contributed by atoms with E-state index in [9.17, 15) is 4.79 Å². The van der Waals surface area contributed by atoms with Crippen molar-refractivity contribution < 1.29 is 4.79 Å². The molecule has 0 aromatic carbocycles. The Hall–Kier alpha value is -1.69. The van der Waals surface area contributed by atoms with Gasteiger partial charge in [0.1, 0.15) is 11.6 Å². The van der Waals surface area contributed by atoms with Gasteiger partial charge in [0.05, 0.1) is 12.2 Å². The van der Waals surface area contributed by atoms with Crippen LogP contribution in [0.2, 0.25) is 0 Å². The van der Waals surface area contributed by atoms with Gasteiger partial charge in [-0.15, -0.1) is 11.3 Å². The predicted octanol–water partition coefficient (Wildman–Crippen LogP) is 2.71. The molecule has 3 heterocycles. The van der Waals surface area contributed by atoms with Gasteiger partial charge in [-0.1, -0.05) is 0 Å². The summed E-state index contributed by atoms with van der Waals surface area (Å²) < 4.78 is 1.72. The van der Waals surface area contributed by atoms with E-state index in [0.717, 1.165) is 42.1 Å². The minimum absolute atomic E-state index is 0.135. The zero-order chi connectivity index (χ0) is 14.8. The molecule has 0 aliphatic carbocycles. The minimum Gasteiger partial charge on any atom is -0.332 e. The summed E-state index contributed by atoms with van der Waals surface area (Å²) in [5, 5.41) is 7.33.